The molecule has 0 bridgehead atoms. The molecule has 0 aliphatic carbocycles. The summed E-state index contributed by atoms with van der Waals surface area (Å²) in [7, 11) is 0. The van der Waals surface area contributed by atoms with Crippen LogP contribution in [-0.2, 0) is 0 Å². The van der Waals surface area contributed by atoms with Crippen LogP contribution in [0.15, 0.2) is 36.4 Å². The largest absolute Gasteiger partial charge is 0.398 e. The van der Waals surface area contributed by atoms with Gasteiger partial charge in [-0.3, -0.25) is 4.79 Å². The first-order valence-electron chi connectivity index (χ1n) is 5.60. The minimum absolute atomic E-state index is 0.0880. The molecule has 0 saturated heterocycles. The topological polar surface area (TPSA) is 55.1 Å². The standard InChI is InChI=1S/C14H12FIN2O/c1-8(19)11-7-10(3-4-13(11)17)18-14-5-2-9(15)6-12(14)16/h2-7,18H,17H2,1H3. The lowest BCUT2D eigenvalue weighted by Gasteiger charge is -2.11. The molecule has 2 aromatic rings. The van der Waals surface area contributed by atoms with Gasteiger partial charge in [0, 0.05) is 20.5 Å². The third-order valence-electron chi connectivity index (χ3n) is 2.64. The summed E-state index contributed by atoms with van der Waals surface area (Å²) in [5.41, 5.74) is 8.18. The Hall–Kier alpha value is -1.63. The van der Waals surface area contributed by atoms with Crippen molar-refractivity contribution in [2.45, 2.75) is 6.92 Å². The number of nitrogen functional groups attached to an aromatic ring is 1. The van der Waals surface area contributed by atoms with Gasteiger partial charge in [0.05, 0.1) is 5.69 Å². The molecule has 19 heavy (non-hydrogen) atoms. The number of carbonyl (C=O) groups is 1. The van der Waals surface area contributed by atoms with Crippen LogP contribution in [0.5, 0.6) is 0 Å². The van der Waals surface area contributed by atoms with E-state index in [0.29, 0.717) is 11.3 Å². The maximum absolute atomic E-state index is 13.0. The maximum Gasteiger partial charge on any atom is 0.161 e. The highest BCUT2D eigenvalue weighted by molar-refractivity contribution is 14.1. The second-order valence-electron chi connectivity index (χ2n) is 4.11. The van der Waals surface area contributed by atoms with Crippen LogP contribution >= 0.6 is 22.6 Å². The van der Waals surface area contributed by atoms with E-state index in [4.69, 9.17) is 5.73 Å². The molecule has 0 spiro atoms. The van der Waals surface area contributed by atoms with Crippen molar-refractivity contribution in [3.63, 3.8) is 0 Å². The summed E-state index contributed by atoms with van der Waals surface area (Å²) in [4.78, 5) is 11.4. The van der Waals surface area contributed by atoms with Gasteiger partial charge in [-0.2, -0.15) is 0 Å². The predicted octanol–water partition coefficient (Wildman–Crippen LogP) is 3.96. The number of benzene rings is 2. The zero-order chi connectivity index (χ0) is 14.0. The van der Waals surface area contributed by atoms with Crippen molar-refractivity contribution in [2.24, 2.45) is 0 Å². The van der Waals surface area contributed by atoms with E-state index >= 15 is 0 Å². The van der Waals surface area contributed by atoms with Gasteiger partial charge in [-0.1, -0.05) is 0 Å². The Morgan fingerprint density at radius 1 is 1.26 bits per heavy atom. The van der Waals surface area contributed by atoms with Gasteiger partial charge in [0.25, 0.3) is 0 Å². The van der Waals surface area contributed by atoms with Gasteiger partial charge in [-0.05, 0) is 65.9 Å². The number of halogens is 2. The van der Waals surface area contributed by atoms with Gasteiger partial charge in [0.15, 0.2) is 5.78 Å². The number of nitrogens with one attached hydrogen (secondary N) is 1. The Balaban J connectivity index is 2.33. The molecule has 0 unspecified atom stereocenters. The molecule has 0 heterocycles. The summed E-state index contributed by atoms with van der Waals surface area (Å²) in [6, 6.07) is 9.62. The van der Waals surface area contributed by atoms with Gasteiger partial charge in [-0.25, -0.2) is 4.39 Å². The van der Waals surface area contributed by atoms with Gasteiger partial charge in [0.2, 0.25) is 0 Å². The van der Waals surface area contributed by atoms with Crippen molar-refractivity contribution >= 4 is 45.4 Å². The van der Waals surface area contributed by atoms with Crippen LogP contribution in [0.1, 0.15) is 17.3 Å². The zero-order valence-corrected chi connectivity index (χ0v) is 12.4. The Morgan fingerprint density at radius 3 is 2.63 bits per heavy atom. The highest BCUT2D eigenvalue weighted by atomic mass is 127. The Bertz CT molecular complexity index is 643. The molecule has 0 aliphatic heterocycles. The summed E-state index contributed by atoms with van der Waals surface area (Å²) < 4.78 is 13.8. The number of hydrogen-bond donors (Lipinski definition) is 2. The van der Waals surface area contributed by atoms with Crippen LogP contribution < -0.4 is 11.1 Å². The van der Waals surface area contributed by atoms with E-state index < -0.39 is 0 Å². The normalized spacial score (nSPS) is 10.3. The number of hydrogen-bond acceptors (Lipinski definition) is 3. The summed E-state index contributed by atoms with van der Waals surface area (Å²) in [6.07, 6.45) is 0. The van der Waals surface area contributed by atoms with Gasteiger partial charge in [0.1, 0.15) is 5.82 Å². The molecule has 0 aromatic heterocycles. The molecule has 0 fully saturated rings. The smallest absolute Gasteiger partial charge is 0.161 e. The predicted molar refractivity (Wildman–Crippen MR) is 83.3 cm³/mol. The Morgan fingerprint density at radius 2 is 2.00 bits per heavy atom. The molecule has 2 rings (SSSR count). The molecule has 3 nitrogen and oxygen atoms in total. The quantitative estimate of drug-likeness (QED) is 0.489. The fraction of sp³-hybridized carbons (Fsp3) is 0.0714. The second kappa shape index (κ2) is 5.56. The van der Waals surface area contributed by atoms with Crippen molar-refractivity contribution in [3.8, 4) is 0 Å². The highest BCUT2D eigenvalue weighted by Crippen LogP contribution is 2.25. The summed E-state index contributed by atoms with van der Waals surface area (Å²) >= 11 is 2.05. The summed E-state index contributed by atoms with van der Waals surface area (Å²) in [5, 5.41) is 3.14. The highest BCUT2D eigenvalue weighted by Gasteiger charge is 2.07. The number of nitrogens with two attached hydrogens (primary N) is 1. The molecular formula is C14H12FIN2O. The van der Waals surface area contributed by atoms with Crippen molar-refractivity contribution in [1.29, 1.82) is 0 Å². The van der Waals surface area contributed by atoms with E-state index in [-0.39, 0.29) is 11.6 Å². The SMILES string of the molecule is CC(=O)c1cc(Nc2ccc(F)cc2I)ccc1N. The fourth-order valence-corrected chi connectivity index (χ4v) is 2.30. The van der Waals surface area contributed by atoms with Crippen molar-refractivity contribution < 1.29 is 9.18 Å². The van der Waals surface area contributed by atoms with Crippen LogP contribution in [0.25, 0.3) is 0 Å². The minimum atomic E-state index is -0.281. The van der Waals surface area contributed by atoms with Crippen LogP contribution in [-0.4, -0.2) is 5.78 Å². The van der Waals surface area contributed by atoms with E-state index in [1.54, 1.807) is 24.3 Å². The molecule has 5 heteroatoms. The first-order valence-corrected chi connectivity index (χ1v) is 6.68. The average Bonchev–Trinajstić information content (AvgIpc) is 2.34. The van der Waals surface area contributed by atoms with E-state index in [0.717, 1.165) is 14.9 Å². The average molecular weight is 370 g/mol. The second-order valence-corrected chi connectivity index (χ2v) is 5.27. The molecule has 2 aromatic carbocycles. The first-order chi connectivity index (χ1) is 8.97. The molecule has 0 radical (unpaired) electrons. The monoisotopic (exact) mass is 370 g/mol. The van der Waals surface area contributed by atoms with E-state index in [9.17, 15) is 9.18 Å². The van der Waals surface area contributed by atoms with Crippen molar-refractivity contribution in [2.75, 3.05) is 11.1 Å². The van der Waals surface area contributed by atoms with E-state index in [1.807, 2.05) is 22.6 Å². The molecule has 0 aliphatic rings. The lowest BCUT2D eigenvalue weighted by molar-refractivity contribution is 0.101. The molecule has 0 amide bonds. The zero-order valence-electron chi connectivity index (χ0n) is 10.2. The van der Waals surface area contributed by atoms with Crippen molar-refractivity contribution in [3.05, 3.63) is 51.3 Å². The first kappa shape index (κ1) is 13.8. The number of rotatable bonds is 3. The lowest BCUT2D eigenvalue weighted by Crippen LogP contribution is -2.01. The van der Waals surface area contributed by atoms with Gasteiger partial charge in [-0.15, -0.1) is 0 Å². The van der Waals surface area contributed by atoms with Crippen LogP contribution in [0.2, 0.25) is 0 Å². The Labute approximate surface area is 124 Å². The Kier molecular flexibility index (Phi) is 4.04. The third-order valence-corrected chi connectivity index (χ3v) is 3.54. The molecular weight excluding hydrogens is 358 g/mol. The van der Waals surface area contributed by atoms with Crippen LogP contribution in [0.4, 0.5) is 21.5 Å². The fourth-order valence-electron chi connectivity index (χ4n) is 1.69. The van der Waals surface area contributed by atoms with Gasteiger partial charge >= 0.3 is 0 Å². The number of carbonyl (C=O) groups excluding carboxylic acids is 1. The van der Waals surface area contributed by atoms with Crippen LogP contribution in [0, 0.1) is 9.39 Å². The van der Waals surface area contributed by atoms with E-state index in [2.05, 4.69) is 5.32 Å². The van der Waals surface area contributed by atoms with E-state index in [1.165, 1.54) is 19.1 Å². The lowest BCUT2D eigenvalue weighted by atomic mass is 10.1. The summed E-state index contributed by atoms with van der Waals surface area (Å²) in [5.74, 6) is -0.369. The van der Waals surface area contributed by atoms with Crippen LogP contribution in [0.3, 0.4) is 0 Å². The molecule has 3 N–H and O–H groups in total. The molecule has 0 saturated carbocycles. The maximum atomic E-state index is 13.0. The molecule has 0 atom stereocenters. The number of ketones is 1. The molecule has 98 valence electrons. The third kappa shape index (κ3) is 3.23. The van der Waals surface area contributed by atoms with Gasteiger partial charge < -0.3 is 11.1 Å². The number of Topliss-reactive ketones (excluding diaryl/α,β-unsaturated/α-hetero) is 1. The summed E-state index contributed by atoms with van der Waals surface area (Å²) in [6.45, 7) is 1.47. The minimum Gasteiger partial charge on any atom is -0.398 e. The van der Waals surface area contributed by atoms with Crippen molar-refractivity contribution in [1.82, 2.24) is 0 Å². The number of anilines is 3.